The van der Waals surface area contributed by atoms with Crippen LogP contribution in [-0.2, 0) is 4.79 Å². The van der Waals surface area contributed by atoms with Gasteiger partial charge in [-0.25, -0.2) is 0 Å². The lowest BCUT2D eigenvalue weighted by molar-refractivity contribution is -0.119. The second-order valence-electron chi connectivity index (χ2n) is 6.42. The summed E-state index contributed by atoms with van der Waals surface area (Å²) in [6.45, 7) is 3.18. The van der Waals surface area contributed by atoms with Crippen molar-refractivity contribution in [2.24, 2.45) is 0 Å². The number of hydrogen-bond acceptors (Lipinski definition) is 3. The molecular weight excluding hydrogens is 262 g/mol. The van der Waals surface area contributed by atoms with Gasteiger partial charge in [0, 0.05) is 43.8 Å². The van der Waals surface area contributed by atoms with Crippen molar-refractivity contribution in [3.8, 4) is 0 Å². The number of nitrogens with zero attached hydrogens (tertiary/aromatic N) is 2. The molecule has 0 saturated heterocycles. The van der Waals surface area contributed by atoms with Crippen LogP contribution in [0.1, 0.15) is 37.8 Å². The van der Waals surface area contributed by atoms with E-state index in [0.717, 1.165) is 18.3 Å². The lowest BCUT2D eigenvalue weighted by Gasteiger charge is -2.34. The Morgan fingerprint density at radius 2 is 2.10 bits per heavy atom. The second kappa shape index (κ2) is 5.78. The van der Waals surface area contributed by atoms with E-state index >= 15 is 0 Å². The first-order valence-corrected chi connectivity index (χ1v) is 7.88. The van der Waals surface area contributed by atoms with E-state index < -0.39 is 0 Å². The number of para-hydroxylation sites is 1. The van der Waals surface area contributed by atoms with Crippen molar-refractivity contribution in [2.75, 3.05) is 25.5 Å². The molecule has 4 heteroatoms. The molecule has 0 spiro atoms. The molecule has 0 radical (unpaired) electrons. The van der Waals surface area contributed by atoms with Crippen LogP contribution >= 0.6 is 0 Å². The number of nitrogens with one attached hydrogen (secondary N) is 1. The van der Waals surface area contributed by atoms with Gasteiger partial charge in [0.2, 0.25) is 5.91 Å². The van der Waals surface area contributed by atoms with Crippen LogP contribution < -0.4 is 10.2 Å². The van der Waals surface area contributed by atoms with E-state index in [0.29, 0.717) is 12.5 Å². The first-order chi connectivity index (χ1) is 10.1. The number of hydrogen-bond donors (Lipinski definition) is 1. The minimum absolute atomic E-state index is 0.139. The van der Waals surface area contributed by atoms with E-state index in [1.165, 1.54) is 18.4 Å². The zero-order valence-electron chi connectivity index (χ0n) is 13.2. The fraction of sp³-hybridized carbons (Fsp3) is 0.588. The number of likely N-dealkylation sites (N-methyl/N-ethyl adjacent to an activating group) is 1. The van der Waals surface area contributed by atoms with E-state index in [4.69, 9.17) is 0 Å². The molecule has 1 amide bonds. The number of carbonyl (C=O) groups excluding carboxylic acids is 1. The van der Waals surface area contributed by atoms with Crippen LogP contribution in [-0.4, -0.2) is 43.5 Å². The Balaban J connectivity index is 1.68. The van der Waals surface area contributed by atoms with Crippen molar-refractivity contribution < 1.29 is 4.79 Å². The molecule has 1 aliphatic heterocycles. The van der Waals surface area contributed by atoms with Gasteiger partial charge in [0.15, 0.2) is 0 Å². The number of fused-ring (bicyclic) bond motifs is 1. The molecule has 3 rings (SSSR count). The summed E-state index contributed by atoms with van der Waals surface area (Å²) < 4.78 is 0. The number of carbonyl (C=O) groups is 1. The summed E-state index contributed by atoms with van der Waals surface area (Å²) in [5.41, 5.74) is 2.27. The van der Waals surface area contributed by atoms with Crippen LogP contribution in [0.5, 0.6) is 0 Å². The van der Waals surface area contributed by atoms with Crippen LogP contribution in [0.2, 0.25) is 0 Å². The van der Waals surface area contributed by atoms with Gasteiger partial charge in [0.1, 0.15) is 0 Å². The van der Waals surface area contributed by atoms with Gasteiger partial charge in [-0.15, -0.1) is 0 Å². The largest absolute Gasteiger partial charge is 0.315 e. The molecule has 0 aromatic heterocycles. The first kappa shape index (κ1) is 14.5. The van der Waals surface area contributed by atoms with Gasteiger partial charge >= 0.3 is 0 Å². The molecule has 1 aromatic rings. The summed E-state index contributed by atoms with van der Waals surface area (Å²) in [5, 5.41) is 3.60. The van der Waals surface area contributed by atoms with Crippen LogP contribution in [0.4, 0.5) is 5.69 Å². The quantitative estimate of drug-likeness (QED) is 0.901. The third-order valence-corrected chi connectivity index (χ3v) is 4.90. The second-order valence-corrected chi connectivity index (χ2v) is 6.42. The van der Waals surface area contributed by atoms with E-state index in [1.54, 1.807) is 4.90 Å². The topological polar surface area (TPSA) is 35.6 Å². The van der Waals surface area contributed by atoms with Gasteiger partial charge in [0.05, 0.1) is 0 Å². The molecule has 1 fully saturated rings. The average molecular weight is 287 g/mol. The molecular formula is C17H25N3O. The Labute approximate surface area is 127 Å². The predicted molar refractivity (Wildman–Crippen MR) is 85.5 cm³/mol. The first-order valence-electron chi connectivity index (χ1n) is 7.88. The van der Waals surface area contributed by atoms with E-state index in [9.17, 15) is 4.79 Å². The third-order valence-electron chi connectivity index (χ3n) is 4.90. The lowest BCUT2D eigenvalue weighted by atomic mass is 9.96. The summed E-state index contributed by atoms with van der Waals surface area (Å²) in [6.07, 6.45) is 3.21. The summed E-state index contributed by atoms with van der Waals surface area (Å²) in [4.78, 5) is 16.4. The molecule has 2 unspecified atom stereocenters. The molecule has 1 saturated carbocycles. The van der Waals surface area contributed by atoms with Crippen molar-refractivity contribution in [3.63, 3.8) is 0 Å². The summed E-state index contributed by atoms with van der Waals surface area (Å²) in [7, 11) is 4.07. The fourth-order valence-corrected chi connectivity index (χ4v) is 3.12. The molecule has 4 nitrogen and oxygen atoms in total. The average Bonchev–Trinajstić information content (AvgIpc) is 3.33. The maximum absolute atomic E-state index is 12.1. The zero-order valence-corrected chi connectivity index (χ0v) is 13.2. The molecule has 1 N–H and O–H groups in total. The normalized spacial score (nSPS) is 23.3. The Morgan fingerprint density at radius 1 is 1.38 bits per heavy atom. The van der Waals surface area contributed by atoms with E-state index in [1.807, 2.05) is 19.2 Å². The van der Waals surface area contributed by atoms with Gasteiger partial charge in [-0.1, -0.05) is 18.2 Å². The van der Waals surface area contributed by atoms with Crippen LogP contribution in [0.15, 0.2) is 24.3 Å². The SMILES string of the molecule is CC(CNC1CC(=O)N(C)c2ccccc21)N(C)C1CC1. The molecule has 0 bridgehead atoms. The lowest BCUT2D eigenvalue weighted by Crippen LogP contribution is -2.43. The maximum atomic E-state index is 12.1. The highest BCUT2D eigenvalue weighted by atomic mass is 16.2. The monoisotopic (exact) mass is 287 g/mol. The minimum atomic E-state index is 0.139. The number of benzene rings is 1. The number of rotatable bonds is 5. The Morgan fingerprint density at radius 3 is 2.81 bits per heavy atom. The van der Waals surface area contributed by atoms with Crippen molar-refractivity contribution in [1.29, 1.82) is 0 Å². The van der Waals surface area contributed by atoms with Crippen molar-refractivity contribution >= 4 is 11.6 Å². The van der Waals surface area contributed by atoms with Crippen LogP contribution in [0, 0.1) is 0 Å². The van der Waals surface area contributed by atoms with Gasteiger partial charge in [0.25, 0.3) is 0 Å². The van der Waals surface area contributed by atoms with E-state index in [2.05, 4.69) is 36.3 Å². The zero-order chi connectivity index (χ0) is 15.0. The fourth-order valence-electron chi connectivity index (χ4n) is 3.12. The van der Waals surface area contributed by atoms with Gasteiger partial charge in [-0.2, -0.15) is 0 Å². The van der Waals surface area contributed by atoms with Gasteiger partial charge in [-0.3, -0.25) is 9.69 Å². The Hall–Kier alpha value is -1.39. The molecule has 114 valence electrons. The summed E-state index contributed by atoms with van der Waals surface area (Å²) >= 11 is 0. The Kier molecular flexibility index (Phi) is 4.00. The molecule has 2 aliphatic rings. The maximum Gasteiger partial charge on any atom is 0.228 e. The highest BCUT2D eigenvalue weighted by Gasteiger charge is 2.31. The Bertz CT molecular complexity index is 527. The van der Waals surface area contributed by atoms with E-state index in [-0.39, 0.29) is 11.9 Å². The molecule has 1 aromatic carbocycles. The van der Waals surface area contributed by atoms with Crippen molar-refractivity contribution in [3.05, 3.63) is 29.8 Å². The molecule has 2 atom stereocenters. The van der Waals surface area contributed by atoms with Gasteiger partial charge < -0.3 is 10.2 Å². The predicted octanol–water partition coefficient (Wildman–Crippen LogP) is 2.17. The van der Waals surface area contributed by atoms with Crippen molar-refractivity contribution in [2.45, 2.75) is 44.3 Å². The standard InChI is InChI=1S/C17H25N3O/c1-12(19(2)13-8-9-13)11-18-15-10-17(21)20(3)16-7-5-4-6-14(15)16/h4-7,12-13,15,18H,8-11H2,1-3H3. The van der Waals surface area contributed by atoms with Crippen LogP contribution in [0.25, 0.3) is 0 Å². The molecule has 1 heterocycles. The highest BCUT2D eigenvalue weighted by molar-refractivity contribution is 5.96. The molecule has 1 aliphatic carbocycles. The highest BCUT2D eigenvalue weighted by Crippen LogP contribution is 2.33. The number of amides is 1. The minimum Gasteiger partial charge on any atom is -0.315 e. The smallest absolute Gasteiger partial charge is 0.228 e. The van der Waals surface area contributed by atoms with Crippen LogP contribution in [0.3, 0.4) is 0 Å². The summed E-state index contributed by atoms with van der Waals surface area (Å²) in [5.74, 6) is 0.189. The number of anilines is 1. The van der Waals surface area contributed by atoms with Crippen molar-refractivity contribution in [1.82, 2.24) is 10.2 Å². The third kappa shape index (κ3) is 2.97. The summed E-state index contributed by atoms with van der Waals surface area (Å²) in [6, 6.07) is 9.62. The molecule has 21 heavy (non-hydrogen) atoms. The van der Waals surface area contributed by atoms with Gasteiger partial charge in [-0.05, 0) is 38.4 Å².